The molecule has 0 aliphatic carbocycles. The van der Waals surface area contributed by atoms with Crippen molar-refractivity contribution in [2.45, 2.75) is 13.8 Å². The molecule has 0 unspecified atom stereocenters. The Labute approximate surface area is 143 Å². The van der Waals surface area contributed by atoms with Crippen molar-refractivity contribution in [3.63, 3.8) is 0 Å². The summed E-state index contributed by atoms with van der Waals surface area (Å²) in [6.45, 7) is 4.03. The van der Waals surface area contributed by atoms with Gasteiger partial charge in [0.15, 0.2) is 0 Å². The first-order valence-corrected chi connectivity index (χ1v) is 11.0. The van der Waals surface area contributed by atoms with Gasteiger partial charge in [-0.25, -0.2) is 0 Å². The van der Waals surface area contributed by atoms with E-state index in [1.165, 1.54) is 0 Å². The van der Waals surface area contributed by atoms with Crippen LogP contribution >= 0.6 is 36.1 Å². The summed E-state index contributed by atoms with van der Waals surface area (Å²) in [5.41, 5.74) is 4.04. The number of aromatic nitrogens is 2. The van der Waals surface area contributed by atoms with Gasteiger partial charge in [-0.2, -0.15) is 0 Å². The van der Waals surface area contributed by atoms with Gasteiger partial charge >= 0.3 is 30.6 Å². The van der Waals surface area contributed by atoms with Crippen molar-refractivity contribution in [2.75, 3.05) is 0 Å². The Bertz CT molecular complexity index is 638. The number of aryl methyl sites for hydroxylation is 2. The molecule has 0 spiro atoms. The van der Waals surface area contributed by atoms with Crippen LogP contribution in [0.3, 0.4) is 0 Å². The van der Waals surface area contributed by atoms with E-state index in [-0.39, 0.29) is 0 Å². The zero-order valence-corrected chi connectivity index (χ0v) is 15.6. The van der Waals surface area contributed by atoms with Gasteiger partial charge in [-0.05, 0) is 24.6 Å². The third kappa shape index (κ3) is 3.84. The van der Waals surface area contributed by atoms with Crippen molar-refractivity contribution in [2.24, 2.45) is 0 Å². The summed E-state index contributed by atoms with van der Waals surface area (Å²) in [6.07, 6.45) is 0. The van der Waals surface area contributed by atoms with Gasteiger partial charge in [0, 0.05) is 11.4 Å². The second kappa shape index (κ2) is 7.58. The van der Waals surface area contributed by atoms with Gasteiger partial charge in [-0.3, -0.25) is 9.97 Å². The van der Waals surface area contributed by atoms with Gasteiger partial charge in [-0.1, -0.05) is 11.1 Å². The molecule has 106 valence electrons. The molecular weight excluding hydrogens is 447 g/mol. The number of benzene rings is 1. The zero-order valence-electron chi connectivity index (χ0n) is 10.8. The number of nitrogens with zero attached hydrogens (tertiary/aromatic N) is 2. The first kappa shape index (κ1) is 16.0. The van der Waals surface area contributed by atoms with Crippen LogP contribution in [0.15, 0.2) is 29.0 Å². The quantitative estimate of drug-likeness (QED) is 0.391. The van der Waals surface area contributed by atoms with Gasteiger partial charge in [0.2, 0.25) is 0 Å². The van der Waals surface area contributed by atoms with Crippen molar-refractivity contribution in [1.82, 2.24) is 9.97 Å². The van der Waals surface area contributed by atoms with Crippen molar-refractivity contribution in [1.29, 1.82) is 0 Å². The van der Waals surface area contributed by atoms with Crippen LogP contribution < -0.4 is 0 Å². The molecule has 3 aromatic rings. The molecule has 2 nitrogen and oxygen atoms in total. The molecule has 0 aliphatic heterocycles. The Balaban J connectivity index is 0.000000704. The molecule has 0 saturated heterocycles. The van der Waals surface area contributed by atoms with Gasteiger partial charge in [0.1, 0.15) is 0 Å². The molecular formula is C14H11BrN2PdS2. The Morgan fingerprint density at radius 3 is 1.75 bits per heavy atom. The predicted molar refractivity (Wildman–Crippen MR) is 85.9 cm³/mol. The SMILES string of the molecule is Cc1nc(-c2[c-]c(-c3csc(C)n3)ccc2)cs1.[Br][Pd+]. The minimum absolute atomic E-state index is 0.992. The average Bonchev–Trinajstić information content (AvgIpc) is 3.10. The summed E-state index contributed by atoms with van der Waals surface area (Å²) in [5, 5.41) is 6.29. The summed E-state index contributed by atoms with van der Waals surface area (Å²) in [7, 11) is 0. The molecule has 2 aromatic heterocycles. The normalized spacial score (nSPS) is 10.1. The van der Waals surface area contributed by atoms with Crippen LogP contribution in [-0.4, -0.2) is 9.97 Å². The standard InChI is InChI=1S/C14H11N2S2.BrH.Pd/c1-9-15-13(7-17-9)11-4-3-5-12(6-11)14-8-18-10(2)16-14;;/h3-5,7-8H,1-2H3;1H;/q-1;;+2/p-1. The van der Waals surface area contributed by atoms with Crippen molar-refractivity contribution < 1.29 is 17.2 Å². The maximum atomic E-state index is 4.49. The van der Waals surface area contributed by atoms with E-state index in [1.54, 1.807) is 22.7 Å². The van der Waals surface area contributed by atoms with E-state index < -0.39 is 0 Å². The van der Waals surface area contributed by atoms with E-state index in [9.17, 15) is 0 Å². The van der Waals surface area contributed by atoms with E-state index in [1.807, 2.05) is 32.0 Å². The van der Waals surface area contributed by atoms with Crippen LogP contribution in [0.25, 0.3) is 22.5 Å². The molecule has 0 fully saturated rings. The van der Waals surface area contributed by atoms with Crippen LogP contribution in [0.5, 0.6) is 0 Å². The molecule has 0 bridgehead atoms. The Morgan fingerprint density at radius 1 is 0.950 bits per heavy atom. The zero-order chi connectivity index (χ0) is 14.5. The van der Waals surface area contributed by atoms with Crippen LogP contribution in [0.2, 0.25) is 0 Å². The first-order valence-electron chi connectivity index (χ1n) is 5.71. The molecule has 0 aliphatic rings. The Morgan fingerprint density at radius 2 is 1.40 bits per heavy atom. The van der Waals surface area contributed by atoms with Crippen LogP contribution in [0.4, 0.5) is 0 Å². The molecule has 0 radical (unpaired) electrons. The van der Waals surface area contributed by atoms with E-state index in [0.717, 1.165) is 32.5 Å². The van der Waals surface area contributed by atoms with E-state index in [2.05, 4.69) is 57.4 Å². The van der Waals surface area contributed by atoms with Crippen molar-refractivity contribution in [3.8, 4) is 22.5 Å². The molecule has 2 heterocycles. The number of hydrogen-bond acceptors (Lipinski definition) is 4. The second-order valence-corrected chi connectivity index (χ2v) is 6.11. The number of halogens is 1. The fourth-order valence-corrected chi connectivity index (χ4v) is 2.97. The monoisotopic (exact) mass is 456 g/mol. The maximum absolute atomic E-state index is 4.49. The van der Waals surface area contributed by atoms with E-state index >= 15 is 0 Å². The number of hydrogen-bond donors (Lipinski definition) is 0. The topological polar surface area (TPSA) is 25.8 Å². The van der Waals surface area contributed by atoms with Gasteiger partial charge in [0.05, 0.1) is 10.0 Å². The molecule has 0 N–H and O–H groups in total. The van der Waals surface area contributed by atoms with Crippen molar-refractivity contribution in [3.05, 3.63) is 45.0 Å². The first-order chi connectivity index (χ1) is 9.72. The minimum atomic E-state index is 0.992. The number of thiazole rings is 2. The van der Waals surface area contributed by atoms with Gasteiger partial charge in [-0.15, -0.1) is 46.9 Å². The third-order valence-electron chi connectivity index (χ3n) is 2.59. The molecule has 0 saturated carbocycles. The van der Waals surface area contributed by atoms with Gasteiger partial charge in [0.25, 0.3) is 0 Å². The second-order valence-electron chi connectivity index (χ2n) is 3.98. The average molecular weight is 458 g/mol. The molecule has 6 heteroatoms. The molecule has 0 amide bonds. The van der Waals surface area contributed by atoms with Crippen molar-refractivity contribution >= 4 is 36.1 Å². The van der Waals surface area contributed by atoms with Crippen LogP contribution in [-0.2, 0) is 17.2 Å². The number of rotatable bonds is 2. The summed E-state index contributed by atoms with van der Waals surface area (Å²) in [4.78, 5) is 8.98. The Kier molecular flexibility index (Phi) is 6.06. The van der Waals surface area contributed by atoms with E-state index in [0.29, 0.717) is 0 Å². The molecule has 3 rings (SSSR count). The Hall–Kier alpha value is -0.378. The summed E-state index contributed by atoms with van der Waals surface area (Å²) < 4.78 is 0. The molecule has 0 atom stereocenters. The fraction of sp³-hybridized carbons (Fsp3) is 0.143. The third-order valence-corrected chi connectivity index (χ3v) is 4.13. The van der Waals surface area contributed by atoms with E-state index in [4.69, 9.17) is 0 Å². The molecule has 20 heavy (non-hydrogen) atoms. The fourth-order valence-electron chi connectivity index (χ4n) is 1.74. The summed E-state index contributed by atoms with van der Waals surface area (Å²) in [5.74, 6) is 0. The predicted octanol–water partition coefficient (Wildman–Crippen LogP) is 5.19. The van der Waals surface area contributed by atoms with Gasteiger partial charge < -0.3 is 0 Å². The van der Waals surface area contributed by atoms with Crippen LogP contribution in [0.1, 0.15) is 10.0 Å². The summed E-state index contributed by atoms with van der Waals surface area (Å²) >= 11 is 8.67. The van der Waals surface area contributed by atoms with Crippen LogP contribution in [0, 0.1) is 19.9 Å². The molecule has 1 aromatic carbocycles. The summed E-state index contributed by atoms with van der Waals surface area (Å²) in [6, 6.07) is 9.50.